The van der Waals surface area contributed by atoms with E-state index in [0.717, 1.165) is 53.8 Å². The Labute approximate surface area is 176 Å². The predicted octanol–water partition coefficient (Wildman–Crippen LogP) is 4.48. The fraction of sp³-hybridized carbons (Fsp3) is 0.435. The van der Waals surface area contributed by atoms with Crippen molar-refractivity contribution in [3.63, 3.8) is 0 Å². The SMILES string of the molecule is COC1CCC2(CC1)Cc1ccc(-c3cccc(Cl)c3)cc1C21N=C(N)N(C)O1. The molecule has 152 valence electrons. The smallest absolute Gasteiger partial charge is 0.220 e. The molecule has 2 aromatic rings. The maximum absolute atomic E-state index is 6.46. The largest absolute Gasteiger partial charge is 0.381 e. The summed E-state index contributed by atoms with van der Waals surface area (Å²) < 4.78 is 5.63. The number of hydrogen-bond donors (Lipinski definition) is 1. The zero-order valence-corrected chi connectivity index (χ0v) is 17.6. The Morgan fingerprint density at radius 3 is 2.59 bits per heavy atom. The lowest BCUT2D eigenvalue weighted by molar-refractivity contribution is -0.232. The number of aliphatic imine (C=N–C) groups is 1. The molecule has 1 atom stereocenters. The van der Waals surface area contributed by atoms with Crippen LogP contribution < -0.4 is 5.73 Å². The molecule has 29 heavy (non-hydrogen) atoms. The number of ether oxygens (including phenoxy) is 1. The van der Waals surface area contributed by atoms with Crippen molar-refractivity contribution in [2.75, 3.05) is 14.2 Å². The highest BCUT2D eigenvalue weighted by atomic mass is 35.5. The average Bonchev–Trinajstić information content (AvgIpc) is 3.16. The molecule has 6 heteroatoms. The zero-order chi connectivity index (χ0) is 20.2. The van der Waals surface area contributed by atoms with E-state index in [9.17, 15) is 0 Å². The molecule has 1 unspecified atom stereocenters. The first-order valence-electron chi connectivity index (χ1n) is 10.2. The van der Waals surface area contributed by atoms with Crippen LogP contribution in [-0.4, -0.2) is 31.3 Å². The number of nitrogens with two attached hydrogens (primary N) is 1. The number of guanidine groups is 1. The number of hydrogen-bond acceptors (Lipinski definition) is 5. The Morgan fingerprint density at radius 1 is 1.17 bits per heavy atom. The van der Waals surface area contributed by atoms with Crippen LogP contribution in [-0.2, 0) is 21.7 Å². The number of halogens is 1. The normalized spacial score (nSPS) is 30.8. The summed E-state index contributed by atoms with van der Waals surface area (Å²) in [5, 5.41) is 2.34. The van der Waals surface area contributed by atoms with Crippen LogP contribution in [0.5, 0.6) is 0 Å². The summed E-state index contributed by atoms with van der Waals surface area (Å²) in [5.41, 5.74) is 9.95. The van der Waals surface area contributed by atoms with Crippen LogP contribution in [0.2, 0.25) is 5.02 Å². The van der Waals surface area contributed by atoms with Crippen molar-refractivity contribution in [1.82, 2.24) is 5.06 Å². The second-order valence-electron chi connectivity index (χ2n) is 8.48. The molecule has 0 aromatic heterocycles. The summed E-state index contributed by atoms with van der Waals surface area (Å²) in [6, 6.07) is 14.5. The van der Waals surface area contributed by atoms with Crippen LogP contribution in [0.1, 0.15) is 36.8 Å². The molecule has 0 radical (unpaired) electrons. The van der Waals surface area contributed by atoms with E-state index >= 15 is 0 Å². The van der Waals surface area contributed by atoms with Gasteiger partial charge in [0.25, 0.3) is 0 Å². The Bertz CT molecular complexity index is 984. The van der Waals surface area contributed by atoms with Crippen LogP contribution in [0.25, 0.3) is 11.1 Å². The standard InChI is InChI=1S/C23H26ClN3O2/c1-27-21(25)26-23(29-27)20-13-16(15-4-3-5-18(24)12-15)6-7-17(20)14-22(23)10-8-19(28-2)9-11-22/h3-7,12-13,19H,8-11,14H2,1-2H3,(H2,25,26). The minimum Gasteiger partial charge on any atom is -0.381 e. The van der Waals surface area contributed by atoms with Crippen LogP contribution in [0.3, 0.4) is 0 Å². The highest BCUT2D eigenvalue weighted by Gasteiger charge is 2.63. The highest BCUT2D eigenvalue weighted by Crippen LogP contribution is 2.62. The van der Waals surface area contributed by atoms with Crippen molar-refractivity contribution in [3.8, 4) is 11.1 Å². The van der Waals surface area contributed by atoms with Crippen molar-refractivity contribution in [3.05, 3.63) is 58.6 Å². The molecule has 2 N–H and O–H groups in total. The van der Waals surface area contributed by atoms with E-state index < -0.39 is 5.72 Å². The van der Waals surface area contributed by atoms with Crippen LogP contribution in [0, 0.1) is 5.41 Å². The number of fused-ring (bicyclic) bond motifs is 3. The Hall–Kier alpha value is -2.08. The molecule has 0 bridgehead atoms. The lowest BCUT2D eigenvalue weighted by Crippen LogP contribution is -2.46. The molecule has 1 aliphatic heterocycles. The van der Waals surface area contributed by atoms with Gasteiger partial charge in [-0.1, -0.05) is 35.9 Å². The van der Waals surface area contributed by atoms with Crippen molar-refractivity contribution < 1.29 is 9.57 Å². The Morgan fingerprint density at radius 2 is 1.93 bits per heavy atom. The molecular formula is C23H26ClN3O2. The van der Waals surface area contributed by atoms with Crippen molar-refractivity contribution in [2.45, 2.75) is 43.9 Å². The van der Waals surface area contributed by atoms with E-state index in [4.69, 9.17) is 31.9 Å². The van der Waals surface area contributed by atoms with E-state index in [2.05, 4.69) is 24.3 Å². The lowest BCUT2D eigenvalue weighted by Gasteiger charge is -2.45. The maximum Gasteiger partial charge on any atom is 0.220 e. The molecule has 0 saturated heterocycles. The van der Waals surface area contributed by atoms with Gasteiger partial charge in [-0.15, -0.1) is 0 Å². The summed E-state index contributed by atoms with van der Waals surface area (Å²) in [7, 11) is 3.63. The molecule has 0 amide bonds. The third-order valence-electron chi connectivity index (χ3n) is 6.97. The van der Waals surface area contributed by atoms with E-state index in [1.165, 1.54) is 5.56 Å². The topological polar surface area (TPSA) is 60.1 Å². The first-order valence-corrected chi connectivity index (χ1v) is 10.5. The molecule has 5 nitrogen and oxygen atoms in total. The van der Waals surface area contributed by atoms with Crippen molar-refractivity contribution in [2.24, 2.45) is 16.1 Å². The Kier molecular flexibility index (Phi) is 4.39. The van der Waals surface area contributed by atoms with E-state index in [1.54, 1.807) is 12.2 Å². The van der Waals surface area contributed by atoms with Crippen molar-refractivity contribution >= 4 is 17.6 Å². The van der Waals surface area contributed by atoms with E-state index in [0.29, 0.717) is 12.1 Å². The third kappa shape index (κ3) is 2.79. The van der Waals surface area contributed by atoms with Crippen LogP contribution in [0.15, 0.2) is 47.5 Å². The van der Waals surface area contributed by atoms with Crippen LogP contribution in [0.4, 0.5) is 0 Å². The lowest BCUT2D eigenvalue weighted by atomic mass is 9.66. The minimum atomic E-state index is -0.769. The molecule has 1 saturated carbocycles. The molecular weight excluding hydrogens is 386 g/mol. The molecule has 1 fully saturated rings. The second kappa shape index (κ2) is 6.73. The number of nitrogens with zero attached hydrogens (tertiary/aromatic N) is 2. The molecule has 1 heterocycles. The number of benzene rings is 2. The van der Waals surface area contributed by atoms with Gasteiger partial charge in [0, 0.05) is 30.2 Å². The van der Waals surface area contributed by atoms with Crippen LogP contribution >= 0.6 is 11.6 Å². The predicted molar refractivity (Wildman–Crippen MR) is 114 cm³/mol. The summed E-state index contributed by atoms with van der Waals surface area (Å²) in [4.78, 5) is 11.4. The maximum atomic E-state index is 6.46. The van der Waals surface area contributed by atoms with Gasteiger partial charge in [0.2, 0.25) is 11.7 Å². The van der Waals surface area contributed by atoms with Gasteiger partial charge in [-0.3, -0.25) is 0 Å². The highest BCUT2D eigenvalue weighted by molar-refractivity contribution is 6.30. The summed E-state index contributed by atoms with van der Waals surface area (Å²) in [6.45, 7) is 0. The fourth-order valence-corrected chi connectivity index (χ4v) is 5.57. The zero-order valence-electron chi connectivity index (χ0n) is 16.8. The summed E-state index contributed by atoms with van der Waals surface area (Å²) in [5.74, 6) is 0.430. The molecule has 3 aliphatic rings. The second-order valence-corrected chi connectivity index (χ2v) is 8.91. The quantitative estimate of drug-likeness (QED) is 0.791. The van der Waals surface area contributed by atoms with Gasteiger partial charge in [-0.05, 0) is 67.0 Å². The van der Waals surface area contributed by atoms with Gasteiger partial charge in [0.15, 0.2) is 0 Å². The number of methoxy groups -OCH3 is 1. The average molecular weight is 412 g/mol. The van der Waals surface area contributed by atoms with E-state index in [1.807, 2.05) is 25.2 Å². The van der Waals surface area contributed by atoms with Gasteiger partial charge in [-0.25, -0.2) is 14.9 Å². The Balaban J connectivity index is 1.63. The number of hydroxylamine groups is 2. The molecule has 2 aliphatic carbocycles. The molecule has 2 spiro atoms. The molecule has 2 aromatic carbocycles. The first kappa shape index (κ1) is 18.9. The fourth-order valence-electron chi connectivity index (χ4n) is 5.38. The summed E-state index contributed by atoms with van der Waals surface area (Å²) >= 11 is 6.23. The van der Waals surface area contributed by atoms with Crippen molar-refractivity contribution in [1.29, 1.82) is 0 Å². The number of rotatable bonds is 2. The summed E-state index contributed by atoms with van der Waals surface area (Å²) in [6.07, 6.45) is 5.27. The van der Waals surface area contributed by atoms with Gasteiger partial charge >= 0.3 is 0 Å². The monoisotopic (exact) mass is 411 g/mol. The van der Waals surface area contributed by atoms with Gasteiger partial charge in [-0.2, -0.15) is 0 Å². The first-order chi connectivity index (χ1) is 14.0. The third-order valence-corrected chi connectivity index (χ3v) is 7.20. The van der Waals surface area contributed by atoms with E-state index in [-0.39, 0.29) is 5.41 Å². The van der Waals surface area contributed by atoms with Gasteiger partial charge in [0.1, 0.15) is 0 Å². The van der Waals surface area contributed by atoms with Gasteiger partial charge < -0.3 is 10.5 Å². The minimum absolute atomic E-state index is 0.104. The van der Waals surface area contributed by atoms with Gasteiger partial charge in [0.05, 0.1) is 6.10 Å². The molecule has 5 rings (SSSR count).